The van der Waals surface area contributed by atoms with Crippen LogP contribution in [0.15, 0.2) is 47.0 Å². The predicted octanol–water partition coefficient (Wildman–Crippen LogP) is 8.05. The third kappa shape index (κ3) is 7.63. The smallest absolute Gasteiger partial charge is 0.261 e. The number of benzene rings is 2. The molecule has 0 radical (unpaired) electrons. The van der Waals surface area contributed by atoms with Gasteiger partial charge in [0.2, 0.25) is 5.91 Å². The average molecular weight is 594 g/mol. The summed E-state index contributed by atoms with van der Waals surface area (Å²) in [5, 5.41) is 5.30. The maximum Gasteiger partial charge on any atom is 0.261 e. The van der Waals surface area contributed by atoms with Gasteiger partial charge >= 0.3 is 0 Å². The number of hydrogen-bond acceptors (Lipinski definition) is 5. The normalized spacial score (nSPS) is 19.1. The van der Waals surface area contributed by atoms with Crippen molar-refractivity contribution in [3.63, 3.8) is 0 Å². The van der Waals surface area contributed by atoms with Gasteiger partial charge in [-0.15, -0.1) is 0 Å². The molecule has 0 spiro atoms. The SMILES string of the molecule is CC(C)c1onc(-c2c(Cl)cccc2Cl)c1COc1ccc(C2CCCCC(C(=O)NS(=O)O)CCC2)cc1. The summed E-state index contributed by atoms with van der Waals surface area (Å²) in [6, 6.07) is 13.5. The first-order chi connectivity index (χ1) is 18.7. The van der Waals surface area contributed by atoms with Crippen LogP contribution in [0.2, 0.25) is 10.0 Å². The molecule has 7 nitrogen and oxygen atoms in total. The zero-order valence-electron chi connectivity index (χ0n) is 22.1. The number of amides is 1. The second kappa shape index (κ2) is 13.8. The van der Waals surface area contributed by atoms with Gasteiger partial charge in [-0.05, 0) is 61.4 Å². The van der Waals surface area contributed by atoms with E-state index in [-0.39, 0.29) is 24.3 Å². The number of carbonyl (C=O) groups excluding carboxylic acids is 1. The van der Waals surface area contributed by atoms with Crippen LogP contribution in [0.3, 0.4) is 0 Å². The third-order valence-corrected chi connectivity index (χ3v) is 8.30. The molecule has 3 unspecified atom stereocenters. The van der Waals surface area contributed by atoms with Gasteiger partial charge < -0.3 is 9.26 Å². The number of carbonyl (C=O) groups is 1. The molecule has 2 N–H and O–H groups in total. The maximum atomic E-state index is 12.2. The van der Waals surface area contributed by atoms with Crippen LogP contribution in [-0.2, 0) is 22.7 Å². The average Bonchev–Trinajstić information content (AvgIpc) is 3.35. The molecule has 0 saturated heterocycles. The molecule has 4 rings (SSSR count). The molecule has 3 atom stereocenters. The molecule has 210 valence electrons. The second-order valence-electron chi connectivity index (χ2n) is 10.3. The molecule has 1 saturated carbocycles. The Balaban J connectivity index is 1.43. The van der Waals surface area contributed by atoms with Crippen LogP contribution >= 0.6 is 23.2 Å². The molecule has 0 aliphatic heterocycles. The van der Waals surface area contributed by atoms with Crippen LogP contribution in [0.25, 0.3) is 11.3 Å². The quantitative estimate of drug-likeness (QED) is 0.256. The highest BCUT2D eigenvalue weighted by Gasteiger charge is 2.25. The predicted molar refractivity (Wildman–Crippen MR) is 154 cm³/mol. The van der Waals surface area contributed by atoms with Crippen molar-refractivity contribution in [1.82, 2.24) is 9.88 Å². The fourth-order valence-corrected chi connectivity index (χ4v) is 6.19. The van der Waals surface area contributed by atoms with Gasteiger partial charge in [0.05, 0.1) is 15.6 Å². The Morgan fingerprint density at radius 3 is 2.38 bits per heavy atom. The Hall–Kier alpha value is -2.39. The summed E-state index contributed by atoms with van der Waals surface area (Å²) in [4.78, 5) is 12.2. The minimum Gasteiger partial charge on any atom is -0.489 e. The van der Waals surface area contributed by atoms with Crippen molar-refractivity contribution in [2.75, 3.05) is 0 Å². The lowest BCUT2D eigenvalue weighted by molar-refractivity contribution is -0.123. The molecule has 0 bridgehead atoms. The van der Waals surface area contributed by atoms with Crippen LogP contribution in [0.5, 0.6) is 5.75 Å². The van der Waals surface area contributed by atoms with Crippen molar-refractivity contribution < 1.29 is 22.8 Å². The first-order valence-electron chi connectivity index (χ1n) is 13.3. The van der Waals surface area contributed by atoms with Crippen molar-refractivity contribution in [3.05, 3.63) is 69.4 Å². The standard InChI is InChI=1S/C29H34Cl2N2O5S/c1-18(2)28-23(27(32-38-28)26-24(30)11-6-12-25(26)31)17-37-22-15-13-20(14-16-22)19-7-3-4-8-21(10-5-9-19)29(34)33-39(35)36/h6,11-16,18-19,21H,3-5,7-10,17H2,1-2H3,(H,33,34)(H,35,36). The Labute approximate surface area is 242 Å². The van der Waals surface area contributed by atoms with Gasteiger partial charge in [-0.2, -0.15) is 0 Å². The minimum atomic E-state index is -2.31. The van der Waals surface area contributed by atoms with Crippen molar-refractivity contribution in [2.24, 2.45) is 5.92 Å². The summed E-state index contributed by atoms with van der Waals surface area (Å²) in [7, 11) is 0. The molecule has 1 amide bonds. The molecule has 1 aromatic heterocycles. The fourth-order valence-electron chi connectivity index (χ4n) is 5.27. The topological polar surface area (TPSA) is 102 Å². The molecule has 1 aliphatic carbocycles. The van der Waals surface area contributed by atoms with E-state index in [1.165, 1.54) is 5.56 Å². The van der Waals surface area contributed by atoms with Crippen LogP contribution in [-0.4, -0.2) is 19.8 Å². The lowest BCUT2D eigenvalue weighted by atomic mass is 9.89. The van der Waals surface area contributed by atoms with E-state index in [0.29, 0.717) is 27.2 Å². The van der Waals surface area contributed by atoms with Crippen molar-refractivity contribution in [1.29, 1.82) is 0 Å². The van der Waals surface area contributed by atoms with E-state index in [1.807, 2.05) is 26.0 Å². The number of rotatable bonds is 8. The van der Waals surface area contributed by atoms with Gasteiger partial charge in [-0.3, -0.25) is 14.1 Å². The molecule has 10 heteroatoms. The number of ether oxygens (including phenoxy) is 1. The number of hydrogen-bond donors (Lipinski definition) is 2. The summed E-state index contributed by atoms with van der Waals surface area (Å²) in [6.07, 6.45) is 6.28. The lowest BCUT2D eigenvalue weighted by Crippen LogP contribution is -2.31. The fraction of sp³-hybridized carbons (Fsp3) is 0.448. The van der Waals surface area contributed by atoms with Crippen LogP contribution in [0, 0.1) is 5.92 Å². The summed E-state index contributed by atoms with van der Waals surface area (Å²) >= 11 is 10.6. The highest BCUT2D eigenvalue weighted by Crippen LogP contribution is 2.39. The van der Waals surface area contributed by atoms with E-state index in [0.717, 1.165) is 62.0 Å². The van der Waals surface area contributed by atoms with E-state index in [4.69, 9.17) is 37.0 Å². The summed E-state index contributed by atoms with van der Waals surface area (Å²) < 4.78 is 33.9. The Bertz CT molecular complexity index is 1280. The third-order valence-electron chi connectivity index (χ3n) is 7.30. The Kier molecular flexibility index (Phi) is 10.5. The largest absolute Gasteiger partial charge is 0.489 e. The summed E-state index contributed by atoms with van der Waals surface area (Å²) in [5.41, 5.74) is 3.30. The highest BCUT2D eigenvalue weighted by molar-refractivity contribution is 7.77. The number of nitrogens with one attached hydrogen (secondary N) is 1. The summed E-state index contributed by atoms with van der Waals surface area (Å²) in [6.45, 7) is 4.34. The molecule has 1 fully saturated rings. The number of aromatic nitrogens is 1. The van der Waals surface area contributed by atoms with E-state index in [1.54, 1.807) is 18.2 Å². The zero-order valence-corrected chi connectivity index (χ0v) is 24.5. The molecule has 2 aromatic carbocycles. The van der Waals surface area contributed by atoms with Crippen LogP contribution in [0.1, 0.15) is 87.5 Å². The monoisotopic (exact) mass is 592 g/mol. The first kappa shape index (κ1) is 29.6. The zero-order chi connectivity index (χ0) is 27.9. The molecular weight excluding hydrogens is 559 g/mol. The highest BCUT2D eigenvalue weighted by atomic mass is 35.5. The van der Waals surface area contributed by atoms with Crippen molar-refractivity contribution >= 4 is 40.4 Å². The van der Waals surface area contributed by atoms with Gasteiger partial charge in [0.25, 0.3) is 11.3 Å². The van der Waals surface area contributed by atoms with E-state index < -0.39 is 11.3 Å². The Morgan fingerprint density at radius 2 is 1.72 bits per heavy atom. The molecule has 1 heterocycles. The van der Waals surface area contributed by atoms with Crippen molar-refractivity contribution in [3.8, 4) is 17.0 Å². The van der Waals surface area contributed by atoms with Gasteiger partial charge in [-0.25, -0.2) is 4.21 Å². The summed E-state index contributed by atoms with van der Waals surface area (Å²) in [5.74, 6) is 1.43. The van der Waals surface area contributed by atoms with Crippen molar-refractivity contribution in [2.45, 2.75) is 77.2 Å². The Morgan fingerprint density at radius 1 is 1.08 bits per heavy atom. The maximum absolute atomic E-state index is 12.2. The molecular formula is C29H34Cl2N2O5S. The first-order valence-corrected chi connectivity index (χ1v) is 15.2. The van der Waals surface area contributed by atoms with Gasteiger partial charge in [0, 0.05) is 17.4 Å². The number of halogens is 2. The molecule has 1 aliphatic rings. The minimum absolute atomic E-state index is 0.105. The van der Waals surface area contributed by atoms with E-state index >= 15 is 0 Å². The number of nitrogens with zero attached hydrogens (tertiary/aromatic N) is 1. The second-order valence-corrected chi connectivity index (χ2v) is 11.8. The van der Waals surface area contributed by atoms with Gasteiger partial charge in [0.1, 0.15) is 23.8 Å². The van der Waals surface area contributed by atoms with Gasteiger partial charge in [-0.1, -0.05) is 79.7 Å². The van der Waals surface area contributed by atoms with Gasteiger partial charge in [0.15, 0.2) is 0 Å². The molecule has 3 aromatic rings. The molecule has 39 heavy (non-hydrogen) atoms. The van der Waals surface area contributed by atoms with Crippen LogP contribution in [0.4, 0.5) is 0 Å². The van der Waals surface area contributed by atoms with Crippen LogP contribution < -0.4 is 9.46 Å². The van der Waals surface area contributed by atoms with E-state index in [9.17, 15) is 9.00 Å². The van der Waals surface area contributed by atoms with E-state index in [2.05, 4.69) is 22.0 Å². The lowest BCUT2D eigenvalue weighted by Gasteiger charge is -2.17.